The van der Waals surface area contributed by atoms with Crippen LogP contribution < -0.4 is 11.1 Å². The minimum Gasteiger partial charge on any atom is -0.436 e. The lowest BCUT2D eigenvalue weighted by atomic mass is 10.00. The van der Waals surface area contributed by atoms with Crippen molar-refractivity contribution in [3.63, 3.8) is 0 Å². The highest BCUT2D eigenvalue weighted by molar-refractivity contribution is 6.05. The van der Waals surface area contributed by atoms with E-state index in [1.165, 1.54) is 0 Å². The molecule has 2 amide bonds. The number of ether oxygens (including phenoxy) is 3. The molecule has 1 aromatic heterocycles. The molecule has 1 fully saturated rings. The van der Waals surface area contributed by atoms with Crippen LogP contribution in [-0.2, 0) is 20.8 Å². The fraction of sp³-hybridized carbons (Fsp3) is 0.286. The smallest absolute Gasteiger partial charge is 0.411 e. The Kier molecular flexibility index (Phi) is 11.5. The number of pyridine rings is 1. The van der Waals surface area contributed by atoms with Gasteiger partial charge in [0.2, 0.25) is 0 Å². The standard InChI is InChI=1S/C35H39N5O5/c36-31-10-4-5-11-32(31)38-34(41)30-14-12-29(13-15-30)33(28-8-2-1-3-9-28)45-35(42)40(26-27-7-6-16-37-25-27)20-24-44-23-19-39-17-21-43-22-18-39/h1-16,25,33H,17-24,26,36H2,(H,38,41)/t33-/m0/s1. The summed E-state index contributed by atoms with van der Waals surface area (Å²) in [6.07, 6.45) is 2.26. The molecule has 0 radical (unpaired) electrons. The second-order valence-corrected chi connectivity index (χ2v) is 10.7. The first-order valence-electron chi connectivity index (χ1n) is 15.1. The number of nitrogens with two attached hydrogens (primary N) is 1. The second-order valence-electron chi connectivity index (χ2n) is 10.7. The van der Waals surface area contributed by atoms with E-state index in [1.807, 2.05) is 54.6 Å². The monoisotopic (exact) mass is 609 g/mol. The molecule has 2 heterocycles. The van der Waals surface area contributed by atoms with E-state index in [2.05, 4.69) is 15.2 Å². The molecule has 1 saturated heterocycles. The molecular weight excluding hydrogens is 570 g/mol. The lowest BCUT2D eigenvalue weighted by Crippen LogP contribution is -2.39. The number of morpholine rings is 1. The third kappa shape index (κ3) is 9.36. The summed E-state index contributed by atoms with van der Waals surface area (Å²) >= 11 is 0. The van der Waals surface area contributed by atoms with Gasteiger partial charge in [0, 0.05) is 44.1 Å². The molecule has 45 heavy (non-hydrogen) atoms. The van der Waals surface area contributed by atoms with Gasteiger partial charge in [0.05, 0.1) is 44.3 Å². The lowest BCUT2D eigenvalue weighted by molar-refractivity contribution is 0.0159. The number of benzene rings is 3. The van der Waals surface area contributed by atoms with Gasteiger partial charge in [-0.3, -0.25) is 14.7 Å². The van der Waals surface area contributed by atoms with Gasteiger partial charge < -0.3 is 30.2 Å². The number of nitrogen functional groups attached to an aromatic ring is 1. The molecule has 0 unspecified atom stereocenters. The molecule has 10 heteroatoms. The summed E-state index contributed by atoms with van der Waals surface area (Å²) in [5.41, 5.74) is 9.89. The summed E-state index contributed by atoms with van der Waals surface area (Å²) in [5, 5.41) is 2.84. The van der Waals surface area contributed by atoms with E-state index in [0.717, 1.165) is 49.5 Å². The van der Waals surface area contributed by atoms with Gasteiger partial charge in [-0.25, -0.2) is 4.79 Å². The zero-order valence-electron chi connectivity index (χ0n) is 25.2. The van der Waals surface area contributed by atoms with Gasteiger partial charge >= 0.3 is 6.09 Å². The van der Waals surface area contributed by atoms with E-state index in [1.54, 1.807) is 53.7 Å². The molecular formula is C35H39N5O5. The summed E-state index contributed by atoms with van der Waals surface area (Å²) in [6.45, 7) is 5.71. The summed E-state index contributed by atoms with van der Waals surface area (Å²) < 4.78 is 17.5. The van der Waals surface area contributed by atoms with E-state index >= 15 is 0 Å². The number of hydrogen-bond acceptors (Lipinski definition) is 8. The van der Waals surface area contributed by atoms with Crippen molar-refractivity contribution in [3.05, 3.63) is 126 Å². The molecule has 1 aliphatic heterocycles. The highest BCUT2D eigenvalue weighted by atomic mass is 16.6. The van der Waals surface area contributed by atoms with Crippen LogP contribution in [0.5, 0.6) is 0 Å². The Labute approximate surface area is 263 Å². The largest absolute Gasteiger partial charge is 0.436 e. The molecule has 1 atom stereocenters. The zero-order valence-corrected chi connectivity index (χ0v) is 25.2. The summed E-state index contributed by atoms with van der Waals surface area (Å²) in [6, 6.07) is 27.4. The Morgan fingerprint density at radius 1 is 0.911 bits per heavy atom. The molecule has 0 spiro atoms. The maximum Gasteiger partial charge on any atom is 0.411 e. The lowest BCUT2D eigenvalue weighted by Gasteiger charge is -2.27. The van der Waals surface area contributed by atoms with Crippen molar-refractivity contribution < 1.29 is 23.8 Å². The fourth-order valence-corrected chi connectivity index (χ4v) is 4.99. The van der Waals surface area contributed by atoms with Crippen LogP contribution in [0, 0.1) is 0 Å². The third-order valence-electron chi connectivity index (χ3n) is 7.52. The summed E-state index contributed by atoms with van der Waals surface area (Å²) in [5.74, 6) is -0.288. The van der Waals surface area contributed by atoms with Crippen LogP contribution in [0.2, 0.25) is 0 Å². The van der Waals surface area contributed by atoms with Gasteiger partial charge in [0.25, 0.3) is 5.91 Å². The SMILES string of the molecule is Nc1ccccc1NC(=O)c1ccc([C@@H](OC(=O)N(CCOCCN2CCOCC2)Cc2cccnc2)c2ccccc2)cc1. The summed E-state index contributed by atoms with van der Waals surface area (Å²) in [4.78, 5) is 34.8. The number of amides is 2. The van der Waals surface area contributed by atoms with Crippen LogP contribution in [0.4, 0.5) is 16.2 Å². The van der Waals surface area contributed by atoms with Crippen molar-refractivity contribution in [3.8, 4) is 0 Å². The predicted octanol–water partition coefficient (Wildman–Crippen LogP) is 4.99. The molecule has 10 nitrogen and oxygen atoms in total. The van der Waals surface area contributed by atoms with Crippen molar-refractivity contribution in [1.82, 2.24) is 14.8 Å². The average molecular weight is 610 g/mol. The molecule has 3 N–H and O–H groups in total. The van der Waals surface area contributed by atoms with Crippen LogP contribution in [0.3, 0.4) is 0 Å². The van der Waals surface area contributed by atoms with Gasteiger partial charge in [-0.2, -0.15) is 0 Å². The molecule has 234 valence electrons. The predicted molar refractivity (Wildman–Crippen MR) is 173 cm³/mol. The Bertz CT molecular complexity index is 1500. The Morgan fingerprint density at radius 3 is 2.38 bits per heavy atom. The molecule has 5 rings (SSSR count). The van der Waals surface area contributed by atoms with E-state index in [4.69, 9.17) is 19.9 Å². The van der Waals surface area contributed by atoms with Crippen molar-refractivity contribution in [1.29, 1.82) is 0 Å². The fourth-order valence-electron chi connectivity index (χ4n) is 4.99. The second kappa shape index (κ2) is 16.3. The number of rotatable bonds is 13. The van der Waals surface area contributed by atoms with E-state index in [-0.39, 0.29) is 5.91 Å². The first-order chi connectivity index (χ1) is 22.1. The molecule has 0 saturated carbocycles. The first kappa shape index (κ1) is 31.6. The molecule has 4 aromatic rings. The Morgan fingerprint density at radius 2 is 1.64 bits per heavy atom. The van der Waals surface area contributed by atoms with Crippen LogP contribution in [0.15, 0.2) is 103 Å². The van der Waals surface area contributed by atoms with Crippen molar-refractivity contribution in [2.24, 2.45) is 0 Å². The number of aromatic nitrogens is 1. The first-order valence-corrected chi connectivity index (χ1v) is 15.1. The maximum atomic E-state index is 13.8. The minimum atomic E-state index is -0.695. The Balaban J connectivity index is 1.27. The van der Waals surface area contributed by atoms with E-state index < -0.39 is 12.2 Å². The van der Waals surface area contributed by atoms with E-state index in [0.29, 0.717) is 43.2 Å². The quantitative estimate of drug-likeness (QED) is 0.161. The third-order valence-corrected chi connectivity index (χ3v) is 7.52. The van der Waals surface area contributed by atoms with Crippen LogP contribution >= 0.6 is 0 Å². The normalized spacial score (nSPS) is 14.0. The number of carbonyl (C=O) groups is 2. The van der Waals surface area contributed by atoms with Crippen molar-refractivity contribution in [2.75, 3.05) is 63.7 Å². The number of para-hydroxylation sites is 2. The average Bonchev–Trinajstić information content (AvgIpc) is 3.09. The van der Waals surface area contributed by atoms with Gasteiger partial charge in [-0.05, 0) is 47.0 Å². The van der Waals surface area contributed by atoms with Gasteiger partial charge in [-0.1, -0.05) is 60.7 Å². The van der Waals surface area contributed by atoms with Gasteiger partial charge in [0.1, 0.15) is 0 Å². The number of hydrogen-bond donors (Lipinski definition) is 2. The Hall–Kier alpha value is -4.77. The number of anilines is 2. The number of nitrogens with one attached hydrogen (secondary N) is 1. The van der Waals surface area contributed by atoms with Crippen LogP contribution in [0.25, 0.3) is 0 Å². The zero-order chi connectivity index (χ0) is 31.3. The topological polar surface area (TPSA) is 119 Å². The number of nitrogens with zero attached hydrogens (tertiary/aromatic N) is 3. The highest BCUT2D eigenvalue weighted by Crippen LogP contribution is 2.28. The minimum absolute atomic E-state index is 0.288. The van der Waals surface area contributed by atoms with Crippen molar-refractivity contribution in [2.45, 2.75) is 12.6 Å². The molecule has 1 aliphatic rings. The van der Waals surface area contributed by atoms with Gasteiger partial charge in [0.15, 0.2) is 6.10 Å². The van der Waals surface area contributed by atoms with Crippen LogP contribution in [0.1, 0.15) is 33.2 Å². The van der Waals surface area contributed by atoms with Gasteiger partial charge in [-0.15, -0.1) is 0 Å². The van der Waals surface area contributed by atoms with E-state index in [9.17, 15) is 9.59 Å². The number of carbonyl (C=O) groups excluding carboxylic acids is 2. The summed E-state index contributed by atoms with van der Waals surface area (Å²) in [7, 11) is 0. The van der Waals surface area contributed by atoms with Crippen LogP contribution in [-0.4, -0.2) is 79.4 Å². The molecule has 3 aromatic carbocycles. The molecule has 0 bridgehead atoms. The maximum absolute atomic E-state index is 13.8. The molecule has 0 aliphatic carbocycles. The van der Waals surface area contributed by atoms with Crippen molar-refractivity contribution >= 4 is 23.4 Å². The highest BCUT2D eigenvalue weighted by Gasteiger charge is 2.24.